The Hall–Kier alpha value is -1.96. The molecule has 0 aliphatic carbocycles. The van der Waals surface area contributed by atoms with Crippen LogP contribution in [-0.4, -0.2) is 10.2 Å². The van der Waals surface area contributed by atoms with Crippen LogP contribution in [0, 0.1) is 20.8 Å². The third-order valence-corrected chi connectivity index (χ3v) is 3.21. The van der Waals surface area contributed by atoms with E-state index in [9.17, 15) is 10.2 Å². The first-order valence-electron chi connectivity index (χ1n) is 5.60. The van der Waals surface area contributed by atoms with Crippen molar-refractivity contribution in [3.63, 3.8) is 0 Å². The highest BCUT2D eigenvalue weighted by Crippen LogP contribution is 2.41. The van der Waals surface area contributed by atoms with Gasteiger partial charge in [-0.3, -0.25) is 0 Å². The minimum Gasteiger partial charge on any atom is -0.507 e. The van der Waals surface area contributed by atoms with E-state index in [1.54, 1.807) is 6.07 Å². The molecular weight excluding hydrogens is 212 g/mol. The predicted octanol–water partition coefficient (Wildman–Crippen LogP) is 3.69. The molecule has 0 bridgehead atoms. The van der Waals surface area contributed by atoms with Crippen LogP contribution in [-0.2, 0) is 0 Å². The standard InChI is InChI=1S/C15H16O2/c1-9-6-4-5-7-12(9)14-13(16)8-10(2)11(3)15(14)17/h4-8,16-17H,1-3H3. The van der Waals surface area contributed by atoms with E-state index in [0.29, 0.717) is 5.56 Å². The van der Waals surface area contributed by atoms with Crippen molar-refractivity contribution in [3.8, 4) is 22.6 Å². The summed E-state index contributed by atoms with van der Waals surface area (Å²) >= 11 is 0. The number of hydrogen-bond acceptors (Lipinski definition) is 2. The van der Waals surface area contributed by atoms with Crippen molar-refractivity contribution in [2.45, 2.75) is 20.8 Å². The highest BCUT2D eigenvalue weighted by molar-refractivity contribution is 5.80. The lowest BCUT2D eigenvalue weighted by Crippen LogP contribution is -1.89. The molecule has 0 saturated carbocycles. The van der Waals surface area contributed by atoms with Crippen LogP contribution in [0.25, 0.3) is 11.1 Å². The molecule has 17 heavy (non-hydrogen) atoms. The van der Waals surface area contributed by atoms with E-state index in [1.165, 1.54) is 0 Å². The minimum atomic E-state index is 0.125. The largest absolute Gasteiger partial charge is 0.507 e. The first-order chi connectivity index (χ1) is 8.02. The van der Waals surface area contributed by atoms with Crippen LogP contribution in [0.2, 0.25) is 0 Å². The van der Waals surface area contributed by atoms with Crippen molar-refractivity contribution in [1.82, 2.24) is 0 Å². The maximum absolute atomic E-state index is 10.2. The molecule has 0 aliphatic rings. The number of phenols is 2. The van der Waals surface area contributed by atoms with Gasteiger partial charge in [-0.25, -0.2) is 0 Å². The smallest absolute Gasteiger partial charge is 0.130 e. The summed E-state index contributed by atoms with van der Waals surface area (Å²) in [7, 11) is 0. The van der Waals surface area contributed by atoms with E-state index in [2.05, 4.69) is 0 Å². The van der Waals surface area contributed by atoms with E-state index in [-0.39, 0.29) is 11.5 Å². The van der Waals surface area contributed by atoms with Gasteiger partial charge in [0.25, 0.3) is 0 Å². The molecular formula is C15H16O2. The first-order valence-corrected chi connectivity index (χ1v) is 5.60. The number of hydrogen-bond donors (Lipinski definition) is 2. The molecule has 0 amide bonds. The van der Waals surface area contributed by atoms with E-state index in [4.69, 9.17) is 0 Å². The van der Waals surface area contributed by atoms with Crippen LogP contribution in [0.4, 0.5) is 0 Å². The Balaban J connectivity index is 2.77. The van der Waals surface area contributed by atoms with Gasteiger partial charge < -0.3 is 10.2 Å². The van der Waals surface area contributed by atoms with Crippen molar-refractivity contribution >= 4 is 0 Å². The van der Waals surface area contributed by atoms with Gasteiger partial charge in [-0.1, -0.05) is 24.3 Å². The second kappa shape index (κ2) is 4.13. The number of phenolic OH excluding ortho intramolecular Hbond substituents is 2. The molecule has 0 heterocycles. The summed E-state index contributed by atoms with van der Waals surface area (Å²) in [6.07, 6.45) is 0. The lowest BCUT2D eigenvalue weighted by molar-refractivity contribution is 0.450. The van der Waals surface area contributed by atoms with Crippen molar-refractivity contribution in [3.05, 3.63) is 47.0 Å². The zero-order chi connectivity index (χ0) is 12.6. The maximum Gasteiger partial charge on any atom is 0.130 e. The van der Waals surface area contributed by atoms with Gasteiger partial charge in [0.05, 0.1) is 5.56 Å². The van der Waals surface area contributed by atoms with Gasteiger partial charge in [-0.15, -0.1) is 0 Å². The lowest BCUT2D eigenvalue weighted by Gasteiger charge is -2.14. The normalized spacial score (nSPS) is 10.5. The summed E-state index contributed by atoms with van der Waals surface area (Å²) in [5, 5.41) is 20.2. The van der Waals surface area contributed by atoms with Gasteiger partial charge in [0.1, 0.15) is 11.5 Å². The van der Waals surface area contributed by atoms with Gasteiger partial charge in [-0.2, -0.15) is 0 Å². The quantitative estimate of drug-likeness (QED) is 0.781. The SMILES string of the molecule is Cc1ccccc1-c1c(O)cc(C)c(C)c1O. The van der Waals surface area contributed by atoms with Crippen LogP contribution >= 0.6 is 0 Å². The number of rotatable bonds is 1. The molecule has 0 aromatic heterocycles. The molecule has 0 unspecified atom stereocenters. The molecule has 2 aromatic rings. The zero-order valence-corrected chi connectivity index (χ0v) is 10.3. The average Bonchev–Trinajstić information content (AvgIpc) is 2.29. The Kier molecular flexibility index (Phi) is 2.80. The number of aryl methyl sites for hydroxylation is 2. The van der Waals surface area contributed by atoms with E-state index in [0.717, 1.165) is 22.3 Å². The number of aromatic hydroxyl groups is 2. The highest BCUT2D eigenvalue weighted by Gasteiger charge is 2.15. The lowest BCUT2D eigenvalue weighted by atomic mass is 9.95. The Morgan fingerprint density at radius 3 is 2.18 bits per heavy atom. The summed E-state index contributed by atoms with van der Waals surface area (Å²) in [6, 6.07) is 9.39. The van der Waals surface area contributed by atoms with E-state index < -0.39 is 0 Å². The Bertz CT molecular complexity index is 571. The second-order valence-electron chi connectivity index (χ2n) is 4.38. The van der Waals surface area contributed by atoms with Crippen molar-refractivity contribution in [2.75, 3.05) is 0 Å². The van der Waals surface area contributed by atoms with Gasteiger partial charge >= 0.3 is 0 Å². The molecule has 0 spiro atoms. The first kappa shape index (κ1) is 11.5. The number of benzene rings is 2. The molecule has 2 rings (SSSR count). The summed E-state index contributed by atoms with van der Waals surface area (Å²) in [4.78, 5) is 0. The molecule has 0 fully saturated rings. The summed E-state index contributed by atoms with van der Waals surface area (Å²) < 4.78 is 0. The fourth-order valence-electron chi connectivity index (χ4n) is 2.00. The van der Waals surface area contributed by atoms with Crippen molar-refractivity contribution < 1.29 is 10.2 Å². The molecule has 88 valence electrons. The molecule has 0 aliphatic heterocycles. The molecule has 0 atom stereocenters. The minimum absolute atomic E-state index is 0.125. The maximum atomic E-state index is 10.2. The van der Waals surface area contributed by atoms with Crippen LogP contribution < -0.4 is 0 Å². The summed E-state index contributed by atoms with van der Waals surface area (Å²) in [6.45, 7) is 5.69. The average molecular weight is 228 g/mol. The highest BCUT2D eigenvalue weighted by atomic mass is 16.3. The van der Waals surface area contributed by atoms with Crippen molar-refractivity contribution in [1.29, 1.82) is 0 Å². The Morgan fingerprint density at radius 2 is 1.53 bits per heavy atom. The third-order valence-electron chi connectivity index (χ3n) is 3.21. The summed E-state index contributed by atoms with van der Waals surface area (Å²) in [5.41, 5.74) is 4.11. The molecule has 2 aromatic carbocycles. The fraction of sp³-hybridized carbons (Fsp3) is 0.200. The predicted molar refractivity (Wildman–Crippen MR) is 69.4 cm³/mol. The van der Waals surface area contributed by atoms with Gasteiger partial charge in [-0.05, 0) is 49.1 Å². The molecule has 2 N–H and O–H groups in total. The monoisotopic (exact) mass is 228 g/mol. The van der Waals surface area contributed by atoms with E-state index >= 15 is 0 Å². The molecule has 2 nitrogen and oxygen atoms in total. The molecule has 2 heteroatoms. The Labute approximate surface area is 101 Å². The van der Waals surface area contributed by atoms with Gasteiger partial charge in [0.15, 0.2) is 0 Å². The topological polar surface area (TPSA) is 40.5 Å². The van der Waals surface area contributed by atoms with Crippen molar-refractivity contribution in [2.24, 2.45) is 0 Å². The van der Waals surface area contributed by atoms with Crippen LogP contribution in [0.15, 0.2) is 30.3 Å². The van der Waals surface area contributed by atoms with Gasteiger partial charge in [0.2, 0.25) is 0 Å². The molecule has 0 saturated heterocycles. The fourth-order valence-corrected chi connectivity index (χ4v) is 2.00. The van der Waals surface area contributed by atoms with Crippen LogP contribution in [0.5, 0.6) is 11.5 Å². The summed E-state index contributed by atoms with van der Waals surface area (Å²) in [5.74, 6) is 0.289. The van der Waals surface area contributed by atoms with Crippen LogP contribution in [0.1, 0.15) is 16.7 Å². The molecule has 0 radical (unpaired) electrons. The van der Waals surface area contributed by atoms with Crippen LogP contribution in [0.3, 0.4) is 0 Å². The Morgan fingerprint density at radius 1 is 0.882 bits per heavy atom. The van der Waals surface area contributed by atoms with E-state index in [1.807, 2.05) is 45.0 Å². The van der Waals surface area contributed by atoms with Gasteiger partial charge in [0, 0.05) is 0 Å². The third kappa shape index (κ3) is 1.86. The second-order valence-corrected chi connectivity index (χ2v) is 4.38. The zero-order valence-electron chi connectivity index (χ0n) is 10.3.